The Labute approximate surface area is 157 Å². The maximum atomic E-state index is 12.5. The van der Waals surface area contributed by atoms with Crippen LogP contribution in [0.15, 0.2) is 91.1 Å². The third-order valence-electron chi connectivity index (χ3n) is 4.24. The lowest BCUT2D eigenvalue weighted by atomic mass is 10.0. The Hall–Kier alpha value is -3.66. The summed E-state index contributed by atoms with van der Waals surface area (Å²) in [6.45, 7) is 0.370. The second kappa shape index (κ2) is 7.70. The molecule has 0 aliphatic carbocycles. The summed E-state index contributed by atoms with van der Waals surface area (Å²) in [7, 11) is 0. The zero-order valence-electron chi connectivity index (χ0n) is 14.6. The number of imidazole rings is 1. The highest BCUT2D eigenvalue weighted by Crippen LogP contribution is 2.20. The van der Waals surface area contributed by atoms with E-state index >= 15 is 0 Å². The number of carbonyl (C=O) groups excluding carboxylic acids is 1. The van der Waals surface area contributed by atoms with Gasteiger partial charge in [0.15, 0.2) is 5.78 Å². The Morgan fingerprint density at radius 2 is 1.44 bits per heavy atom. The Morgan fingerprint density at radius 3 is 2.15 bits per heavy atom. The summed E-state index contributed by atoms with van der Waals surface area (Å²) in [6.07, 6.45) is 1.78. The molecule has 0 amide bonds. The number of ketones is 1. The van der Waals surface area contributed by atoms with Crippen LogP contribution in [0.2, 0.25) is 0 Å². The zero-order chi connectivity index (χ0) is 18.5. The minimum absolute atomic E-state index is 0.0173. The third-order valence-corrected chi connectivity index (χ3v) is 4.24. The summed E-state index contributed by atoms with van der Waals surface area (Å²) in [6, 6.07) is 26.4. The molecule has 1 heterocycles. The second-order valence-electron chi connectivity index (χ2n) is 6.12. The van der Waals surface area contributed by atoms with Crippen molar-refractivity contribution in [2.75, 3.05) is 0 Å². The molecule has 0 aliphatic heterocycles. The average molecular weight is 354 g/mol. The molecule has 1 aromatic heterocycles. The number of H-pyrrole nitrogens is 1. The Bertz CT molecular complexity index is 1020. The fourth-order valence-electron chi connectivity index (χ4n) is 2.81. The van der Waals surface area contributed by atoms with Crippen LogP contribution in [-0.4, -0.2) is 15.8 Å². The number of hydrogen-bond donors (Lipinski definition) is 1. The van der Waals surface area contributed by atoms with E-state index in [2.05, 4.69) is 9.97 Å². The lowest BCUT2D eigenvalue weighted by Gasteiger charge is -2.04. The Kier molecular flexibility index (Phi) is 4.79. The van der Waals surface area contributed by atoms with Gasteiger partial charge in [-0.15, -0.1) is 0 Å². The van der Waals surface area contributed by atoms with E-state index in [1.807, 2.05) is 84.9 Å². The third kappa shape index (κ3) is 3.96. The van der Waals surface area contributed by atoms with Gasteiger partial charge in [-0.05, 0) is 17.7 Å². The number of para-hydroxylation sites is 1. The molecule has 4 aromatic rings. The van der Waals surface area contributed by atoms with Crippen molar-refractivity contribution >= 4 is 5.78 Å². The normalized spacial score (nSPS) is 10.5. The number of benzene rings is 3. The van der Waals surface area contributed by atoms with Gasteiger partial charge in [0.05, 0.1) is 11.9 Å². The highest BCUT2D eigenvalue weighted by molar-refractivity contribution is 6.09. The monoisotopic (exact) mass is 354 g/mol. The van der Waals surface area contributed by atoms with Crippen molar-refractivity contribution in [1.29, 1.82) is 0 Å². The zero-order valence-corrected chi connectivity index (χ0v) is 14.6. The van der Waals surface area contributed by atoms with E-state index in [4.69, 9.17) is 4.74 Å². The van der Waals surface area contributed by atoms with E-state index in [-0.39, 0.29) is 5.78 Å². The molecule has 3 aromatic carbocycles. The molecule has 0 spiro atoms. The van der Waals surface area contributed by atoms with Gasteiger partial charge < -0.3 is 9.72 Å². The fourth-order valence-corrected chi connectivity index (χ4v) is 2.81. The molecular weight excluding hydrogens is 336 g/mol. The number of hydrogen-bond acceptors (Lipinski definition) is 3. The van der Waals surface area contributed by atoms with Crippen molar-refractivity contribution in [3.63, 3.8) is 0 Å². The minimum atomic E-state index is 0.0173. The highest BCUT2D eigenvalue weighted by atomic mass is 16.5. The lowest BCUT2D eigenvalue weighted by Crippen LogP contribution is -2.00. The van der Waals surface area contributed by atoms with Crippen molar-refractivity contribution in [3.05, 3.63) is 108 Å². The van der Waals surface area contributed by atoms with E-state index in [1.165, 1.54) is 0 Å². The smallest absolute Gasteiger partial charge is 0.193 e. The maximum Gasteiger partial charge on any atom is 0.193 e. The summed E-state index contributed by atoms with van der Waals surface area (Å²) >= 11 is 0. The Balaban J connectivity index is 1.45. The first-order valence-corrected chi connectivity index (χ1v) is 8.71. The number of ether oxygens (including phenoxy) is 1. The van der Waals surface area contributed by atoms with Crippen LogP contribution in [0.4, 0.5) is 0 Å². The largest absolute Gasteiger partial charge is 0.486 e. The number of carbonyl (C=O) groups is 1. The number of aromatic nitrogens is 2. The van der Waals surface area contributed by atoms with Crippen molar-refractivity contribution in [1.82, 2.24) is 9.97 Å². The van der Waals surface area contributed by atoms with Gasteiger partial charge in [-0.3, -0.25) is 4.79 Å². The standard InChI is InChI=1S/C23H18N2O2/c26-23(18-7-3-1-4-8-18)19-13-11-17(12-14-19)21-15-24-22(25-21)16-27-20-9-5-2-6-10-20/h1-15H,16H2,(H,24,25). The van der Waals surface area contributed by atoms with Crippen LogP contribution in [0.1, 0.15) is 21.7 Å². The van der Waals surface area contributed by atoms with Crippen LogP contribution >= 0.6 is 0 Å². The summed E-state index contributed by atoms with van der Waals surface area (Å²) in [4.78, 5) is 20.1. The van der Waals surface area contributed by atoms with E-state index in [0.29, 0.717) is 17.7 Å². The molecule has 1 N–H and O–H groups in total. The molecule has 132 valence electrons. The first-order valence-electron chi connectivity index (χ1n) is 8.71. The van der Waals surface area contributed by atoms with Gasteiger partial charge >= 0.3 is 0 Å². The van der Waals surface area contributed by atoms with Gasteiger partial charge in [0.1, 0.15) is 18.2 Å². The van der Waals surface area contributed by atoms with Crippen LogP contribution in [0, 0.1) is 0 Å². The highest BCUT2D eigenvalue weighted by Gasteiger charge is 2.09. The predicted octanol–water partition coefficient (Wildman–Crippen LogP) is 4.89. The molecule has 0 saturated heterocycles. The summed E-state index contributed by atoms with van der Waals surface area (Å²) in [5.74, 6) is 1.57. The topological polar surface area (TPSA) is 55.0 Å². The first-order chi connectivity index (χ1) is 13.3. The van der Waals surface area contributed by atoms with Crippen molar-refractivity contribution < 1.29 is 9.53 Å². The van der Waals surface area contributed by atoms with Crippen molar-refractivity contribution in [2.24, 2.45) is 0 Å². The molecular formula is C23H18N2O2. The van der Waals surface area contributed by atoms with E-state index in [9.17, 15) is 4.79 Å². The van der Waals surface area contributed by atoms with E-state index in [1.54, 1.807) is 6.20 Å². The van der Waals surface area contributed by atoms with Crippen LogP contribution in [0.3, 0.4) is 0 Å². The van der Waals surface area contributed by atoms with Gasteiger partial charge in [-0.1, -0.05) is 72.8 Å². The molecule has 0 saturated carbocycles. The molecule has 27 heavy (non-hydrogen) atoms. The van der Waals surface area contributed by atoms with Crippen LogP contribution in [0.25, 0.3) is 11.3 Å². The molecule has 4 heteroatoms. The summed E-state index contributed by atoms with van der Waals surface area (Å²) in [5.41, 5.74) is 3.21. The van der Waals surface area contributed by atoms with Gasteiger partial charge in [0, 0.05) is 11.1 Å². The van der Waals surface area contributed by atoms with Crippen molar-refractivity contribution in [2.45, 2.75) is 6.61 Å². The lowest BCUT2D eigenvalue weighted by molar-refractivity contribution is 0.103. The molecule has 4 nitrogen and oxygen atoms in total. The number of nitrogens with zero attached hydrogens (tertiary/aromatic N) is 1. The van der Waals surface area contributed by atoms with Crippen LogP contribution < -0.4 is 4.74 Å². The maximum absolute atomic E-state index is 12.5. The molecule has 0 fully saturated rings. The molecule has 0 radical (unpaired) electrons. The van der Waals surface area contributed by atoms with Gasteiger partial charge in [-0.25, -0.2) is 4.98 Å². The molecule has 0 aliphatic rings. The molecule has 0 unspecified atom stereocenters. The number of rotatable bonds is 6. The number of nitrogens with one attached hydrogen (secondary N) is 1. The minimum Gasteiger partial charge on any atom is -0.486 e. The molecule has 4 rings (SSSR count). The first kappa shape index (κ1) is 16.8. The van der Waals surface area contributed by atoms with Gasteiger partial charge in [-0.2, -0.15) is 0 Å². The van der Waals surface area contributed by atoms with E-state index < -0.39 is 0 Å². The Morgan fingerprint density at radius 1 is 0.815 bits per heavy atom. The van der Waals surface area contributed by atoms with E-state index in [0.717, 1.165) is 22.8 Å². The SMILES string of the molecule is O=C(c1ccccc1)c1ccc(-c2cnc(COc3ccccc3)[nH]2)cc1. The predicted molar refractivity (Wildman–Crippen MR) is 105 cm³/mol. The summed E-state index contributed by atoms with van der Waals surface area (Å²) < 4.78 is 5.70. The van der Waals surface area contributed by atoms with Gasteiger partial charge in [0.25, 0.3) is 0 Å². The molecule has 0 atom stereocenters. The number of aromatic amines is 1. The second-order valence-corrected chi connectivity index (χ2v) is 6.12. The summed E-state index contributed by atoms with van der Waals surface area (Å²) in [5, 5.41) is 0. The van der Waals surface area contributed by atoms with Crippen molar-refractivity contribution in [3.8, 4) is 17.0 Å². The van der Waals surface area contributed by atoms with Crippen LogP contribution in [0.5, 0.6) is 5.75 Å². The van der Waals surface area contributed by atoms with Gasteiger partial charge in [0.2, 0.25) is 0 Å². The average Bonchev–Trinajstić information content (AvgIpc) is 3.22. The fraction of sp³-hybridized carbons (Fsp3) is 0.0435. The van der Waals surface area contributed by atoms with Crippen LogP contribution in [-0.2, 0) is 6.61 Å². The molecule has 0 bridgehead atoms. The quantitative estimate of drug-likeness (QED) is 0.502.